The Balaban J connectivity index is 2.63. The second kappa shape index (κ2) is 5.32. The average Bonchev–Trinajstić information content (AvgIpc) is 1.98. The third-order valence-electron chi connectivity index (χ3n) is 2.61. The van der Waals surface area contributed by atoms with E-state index >= 15 is 0 Å². The van der Waals surface area contributed by atoms with E-state index in [1.807, 2.05) is 6.92 Å². The van der Waals surface area contributed by atoms with Crippen molar-refractivity contribution in [3.05, 3.63) is 34.9 Å². The molecule has 0 aliphatic heterocycles. The summed E-state index contributed by atoms with van der Waals surface area (Å²) >= 11 is 0. The second-order valence-corrected chi connectivity index (χ2v) is 4.89. The quantitative estimate of drug-likeness (QED) is 0.801. The molecule has 1 aromatic carbocycles. The van der Waals surface area contributed by atoms with Crippen molar-refractivity contribution >= 4 is 0 Å². The van der Waals surface area contributed by atoms with Crippen LogP contribution in [0.25, 0.3) is 0 Å². The van der Waals surface area contributed by atoms with Crippen molar-refractivity contribution in [1.29, 1.82) is 0 Å². The summed E-state index contributed by atoms with van der Waals surface area (Å²) in [5.41, 5.74) is 4.05. The Morgan fingerprint density at radius 2 is 1.60 bits per heavy atom. The van der Waals surface area contributed by atoms with Crippen molar-refractivity contribution in [3.8, 4) is 0 Å². The second-order valence-electron chi connectivity index (χ2n) is 4.89. The van der Waals surface area contributed by atoms with Gasteiger partial charge in [0.15, 0.2) is 0 Å². The molecule has 1 N–H and O–H groups in total. The van der Waals surface area contributed by atoms with E-state index in [4.69, 9.17) is 0 Å². The van der Waals surface area contributed by atoms with Crippen LogP contribution in [-0.4, -0.2) is 11.2 Å². The van der Waals surface area contributed by atoms with E-state index in [0.717, 1.165) is 12.8 Å². The van der Waals surface area contributed by atoms with Gasteiger partial charge in [0.1, 0.15) is 0 Å². The maximum atomic E-state index is 9.31. The highest BCUT2D eigenvalue weighted by molar-refractivity contribution is 5.28. The summed E-state index contributed by atoms with van der Waals surface area (Å²) in [6.07, 6.45) is 1.76. The number of hydrogen-bond donors (Lipinski definition) is 1. The minimum absolute atomic E-state index is 0.189. The van der Waals surface area contributed by atoms with E-state index in [9.17, 15) is 5.11 Å². The molecule has 1 aromatic rings. The van der Waals surface area contributed by atoms with Crippen molar-refractivity contribution in [1.82, 2.24) is 0 Å². The summed E-state index contributed by atoms with van der Waals surface area (Å²) in [7, 11) is 0. The van der Waals surface area contributed by atoms with E-state index in [0.29, 0.717) is 5.92 Å². The van der Waals surface area contributed by atoms with Crippen molar-refractivity contribution in [2.45, 2.75) is 46.6 Å². The molecular formula is C14H22O. The van der Waals surface area contributed by atoms with Gasteiger partial charge in [-0.2, -0.15) is 0 Å². The molecule has 0 saturated carbocycles. The lowest BCUT2D eigenvalue weighted by Crippen LogP contribution is -2.09. The van der Waals surface area contributed by atoms with Gasteiger partial charge in [-0.05, 0) is 45.1 Å². The average molecular weight is 206 g/mol. The standard InChI is InChI=1S/C14H22O/c1-10-5-11(2)8-14(7-10)9-12(3)6-13(4)15/h5,7-8,12-13,15H,6,9H2,1-4H3. The molecule has 0 fully saturated rings. The zero-order valence-electron chi connectivity index (χ0n) is 10.2. The minimum atomic E-state index is -0.189. The van der Waals surface area contributed by atoms with E-state index in [1.54, 1.807) is 0 Å². The topological polar surface area (TPSA) is 20.2 Å². The molecule has 15 heavy (non-hydrogen) atoms. The van der Waals surface area contributed by atoms with Crippen molar-refractivity contribution in [2.24, 2.45) is 5.92 Å². The Kier molecular flexibility index (Phi) is 4.34. The molecule has 0 spiro atoms. The van der Waals surface area contributed by atoms with Crippen LogP contribution in [0.3, 0.4) is 0 Å². The van der Waals surface area contributed by atoms with E-state index in [1.165, 1.54) is 16.7 Å². The molecule has 0 saturated heterocycles. The Bertz CT molecular complexity index is 295. The SMILES string of the molecule is Cc1cc(C)cc(CC(C)CC(C)O)c1. The first-order chi connectivity index (χ1) is 6.97. The summed E-state index contributed by atoms with van der Waals surface area (Å²) in [6.45, 7) is 8.33. The third kappa shape index (κ3) is 4.48. The van der Waals surface area contributed by atoms with Crippen LogP contribution in [-0.2, 0) is 6.42 Å². The largest absolute Gasteiger partial charge is 0.393 e. The van der Waals surface area contributed by atoms with Gasteiger partial charge in [0.05, 0.1) is 6.10 Å². The number of benzene rings is 1. The zero-order chi connectivity index (χ0) is 11.4. The maximum Gasteiger partial charge on any atom is 0.0514 e. The molecule has 0 aliphatic rings. The van der Waals surface area contributed by atoms with Gasteiger partial charge in [0, 0.05) is 0 Å². The normalized spacial score (nSPS) is 15.0. The number of aliphatic hydroxyl groups is 1. The molecule has 0 heterocycles. The van der Waals surface area contributed by atoms with Crippen LogP contribution >= 0.6 is 0 Å². The fourth-order valence-electron chi connectivity index (χ4n) is 2.25. The highest BCUT2D eigenvalue weighted by Gasteiger charge is 2.07. The number of aliphatic hydroxyl groups excluding tert-OH is 1. The molecule has 1 nitrogen and oxygen atoms in total. The van der Waals surface area contributed by atoms with E-state index in [-0.39, 0.29) is 6.10 Å². The highest BCUT2D eigenvalue weighted by atomic mass is 16.3. The Morgan fingerprint density at radius 1 is 1.07 bits per heavy atom. The molecule has 1 rings (SSSR count). The van der Waals surface area contributed by atoms with Crippen LogP contribution in [0, 0.1) is 19.8 Å². The number of hydrogen-bond acceptors (Lipinski definition) is 1. The minimum Gasteiger partial charge on any atom is -0.393 e. The first kappa shape index (κ1) is 12.3. The fraction of sp³-hybridized carbons (Fsp3) is 0.571. The van der Waals surface area contributed by atoms with E-state index in [2.05, 4.69) is 39.0 Å². The summed E-state index contributed by atoms with van der Waals surface area (Å²) < 4.78 is 0. The zero-order valence-corrected chi connectivity index (χ0v) is 10.2. The van der Waals surface area contributed by atoms with Crippen LogP contribution in [0.2, 0.25) is 0 Å². The Morgan fingerprint density at radius 3 is 2.07 bits per heavy atom. The van der Waals surface area contributed by atoms with Crippen LogP contribution in [0.1, 0.15) is 37.0 Å². The molecule has 0 aromatic heterocycles. The summed E-state index contributed by atoms with van der Waals surface area (Å²) in [5.74, 6) is 0.547. The van der Waals surface area contributed by atoms with Gasteiger partial charge in [0.2, 0.25) is 0 Å². The molecule has 0 aliphatic carbocycles. The first-order valence-corrected chi connectivity index (χ1v) is 5.72. The highest BCUT2D eigenvalue weighted by Crippen LogP contribution is 2.16. The molecule has 0 radical (unpaired) electrons. The predicted octanol–water partition coefficient (Wildman–Crippen LogP) is 3.25. The monoisotopic (exact) mass is 206 g/mol. The van der Waals surface area contributed by atoms with Gasteiger partial charge in [-0.25, -0.2) is 0 Å². The lowest BCUT2D eigenvalue weighted by Gasteiger charge is -2.14. The Labute approximate surface area is 93.1 Å². The van der Waals surface area contributed by atoms with Gasteiger partial charge >= 0.3 is 0 Å². The van der Waals surface area contributed by atoms with Gasteiger partial charge in [-0.1, -0.05) is 36.2 Å². The lowest BCUT2D eigenvalue weighted by atomic mass is 9.94. The van der Waals surface area contributed by atoms with Gasteiger partial charge in [0.25, 0.3) is 0 Å². The van der Waals surface area contributed by atoms with Crippen LogP contribution in [0.15, 0.2) is 18.2 Å². The summed E-state index contributed by atoms with van der Waals surface area (Å²) in [5, 5.41) is 9.31. The smallest absolute Gasteiger partial charge is 0.0514 e. The molecular weight excluding hydrogens is 184 g/mol. The molecule has 2 atom stereocenters. The summed E-state index contributed by atoms with van der Waals surface area (Å²) in [4.78, 5) is 0. The van der Waals surface area contributed by atoms with Crippen molar-refractivity contribution < 1.29 is 5.11 Å². The molecule has 0 bridgehead atoms. The third-order valence-corrected chi connectivity index (χ3v) is 2.61. The van der Waals surface area contributed by atoms with Crippen molar-refractivity contribution in [2.75, 3.05) is 0 Å². The van der Waals surface area contributed by atoms with Crippen LogP contribution < -0.4 is 0 Å². The maximum absolute atomic E-state index is 9.31. The molecule has 2 unspecified atom stereocenters. The predicted molar refractivity (Wildman–Crippen MR) is 65.1 cm³/mol. The summed E-state index contributed by atoms with van der Waals surface area (Å²) in [6, 6.07) is 6.68. The van der Waals surface area contributed by atoms with Gasteiger partial charge in [-0.3, -0.25) is 0 Å². The molecule has 1 heteroatoms. The van der Waals surface area contributed by atoms with Crippen LogP contribution in [0.5, 0.6) is 0 Å². The fourth-order valence-corrected chi connectivity index (χ4v) is 2.25. The van der Waals surface area contributed by atoms with Crippen molar-refractivity contribution in [3.63, 3.8) is 0 Å². The number of rotatable bonds is 4. The lowest BCUT2D eigenvalue weighted by molar-refractivity contribution is 0.164. The Hall–Kier alpha value is -0.820. The number of aryl methyl sites for hydroxylation is 2. The molecule has 84 valence electrons. The van der Waals surface area contributed by atoms with Crippen LogP contribution in [0.4, 0.5) is 0 Å². The van der Waals surface area contributed by atoms with Gasteiger partial charge < -0.3 is 5.11 Å². The first-order valence-electron chi connectivity index (χ1n) is 5.72. The van der Waals surface area contributed by atoms with Gasteiger partial charge in [-0.15, -0.1) is 0 Å². The van der Waals surface area contributed by atoms with E-state index < -0.39 is 0 Å². The molecule has 0 amide bonds.